The van der Waals surface area contributed by atoms with Gasteiger partial charge in [-0.3, -0.25) is 14.9 Å². The minimum absolute atomic E-state index is 0.0135. The fraction of sp³-hybridized carbons (Fsp3) is 0.645. The van der Waals surface area contributed by atoms with E-state index >= 15 is 0 Å². The fourth-order valence-corrected chi connectivity index (χ4v) is 5.28. The number of rotatable bonds is 9. The Labute approximate surface area is 253 Å². The zero-order valence-corrected chi connectivity index (χ0v) is 26.0. The number of amides is 4. The lowest BCUT2D eigenvalue weighted by atomic mass is 9.91. The topological polar surface area (TPSA) is 144 Å². The summed E-state index contributed by atoms with van der Waals surface area (Å²) in [5.74, 6) is -1.58. The Morgan fingerprint density at radius 3 is 2.21 bits per heavy atom. The van der Waals surface area contributed by atoms with Crippen molar-refractivity contribution in [3.63, 3.8) is 0 Å². The van der Waals surface area contributed by atoms with Crippen molar-refractivity contribution < 1.29 is 38.2 Å². The van der Waals surface area contributed by atoms with Crippen molar-refractivity contribution in [3.05, 3.63) is 35.9 Å². The number of piperidine rings is 2. The summed E-state index contributed by atoms with van der Waals surface area (Å²) >= 11 is 0. The van der Waals surface area contributed by atoms with Crippen LogP contribution in [0, 0.1) is 11.8 Å². The first-order valence-corrected chi connectivity index (χ1v) is 14.9. The summed E-state index contributed by atoms with van der Waals surface area (Å²) in [6, 6.07) is 9.04. The SMILES string of the molecule is COC(=O)[C@](C)(NC(=O)OCc1ccccc1)NC(=O)[C@@H]1CCCN(C(=O)CCC2CCN(C(=O)OC(C)(C)C)CC2)C1. The molecule has 2 fully saturated rings. The van der Waals surface area contributed by atoms with E-state index in [9.17, 15) is 24.0 Å². The summed E-state index contributed by atoms with van der Waals surface area (Å²) in [7, 11) is 1.16. The zero-order valence-electron chi connectivity index (χ0n) is 26.0. The first-order valence-electron chi connectivity index (χ1n) is 14.9. The van der Waals surface area contributed by atoms with Gasteiger partial charge in [0.15, 0.2) is 0 Å². The second-order valence-electron chi connectivity index (χ2n) is 12.4. The number of nitrogens with one attached hydrogen (secondary N) is 2. The molecule has 1 aromatic carbocycles. The van der Waals surface area contributed by atoms with Crippen LogP contribution < -0.4 is 10.6 Å². The number of likely N-dealkylation sites (tertiary alicyclic amines) is 2. The van der Waals surface area contributed by atoms with E-state index in [0.717, 1.165) is 25.5 Å². The van der Waals surface area contributed by atoms with Crippen LogP contribution in [0.3, 0.4) is 0 Å². The molecule has 2 saturated heterocycles. The Bertz CT molecular complexity index is 1130. The van der Waals surface area contributed by atoms with Gasteiger partial charge in [-0.15, -0.1) is 0 Å². The fourth-order valence-electron chi connectivity index (χ4n) is 5.28. The minimum Gasteiger partial charge on any atom is -0.466 e. The third-order valence-corrected chi connectivity index (χ3v) is 7.71. The molecule has 2 heterocycles. The number of hydrogen-bond donors (Lipinski definition) is 2. The van der Waals surface area contributed by atoms with Crippen LogP contribution in [0.25, 0.3) is 0 Å². The highest BCUT2D eigenvalue weighted by Gasteiger charge is 2.41. The van der Waals surface area contributed by atoms with E-state index in [1.54, 1.807) is 21.9 Å². The van der Waals surface area contributed by atoms with Crippen LogP contribution in [0.2, 0.25) is 0 Å². The van der Waals surface area contributed by atoms with E-state index in [-0.39, 0.29) is 25.2 Å². The van der Waals surface area contributed by atoms with Gasteiger partial charge in [0.2, 0.25) is 17.5 Å². The maximum Gasteiger partial charge on any atom is 0.410 e. The van der Waals surface area contributed by atoms with Crippen LogP contribution >= 0.6 is 0 Å². The van der Waals surface area contributed by atoms with Gasteiger partial charge in [0, 0.05) is 32.6 Å². The van der Waals surface area contributed by atoms with Gasteiger partial charge in [0.1, 0.15) is 12.2 Å². The Morgan fingerprint density at radius 2 is 1.58 bits per heavy atom. The van der Waals surface area contributed by atoms with Gasteiger partial charge in [-0.05, 0) is 71.3 Å². The lowest BCUT2D eigenvalue weighted by molar-refractivity contribution is -0.152. The number of nitrogens with zero attached hydrogens (tertiary/aromatic N) is 2. The van der Waals surface area contributed by atoms with Crippen molar-refractivity contribution in [1.82, 2.24) is 20.4 Å². The van der Waals surface area contributed by atoms with Crippen molar-refractivity contribution in [3.8, 4) is 0 Å². The number of hydrogen-bond acceptors (Lipinski definition) is 8. The number of benzene rings is 1. The van der Waals surface area contributed by atoms with Gasteiger partial charge in [0.25, 0.3) is 0 Å². The lowest BCUT2D eigenvalue weighted by Gasteiger charge is -2.36. The predicted octanol–water partition coefficient (Wildman–Crippen LogP) is 3.58. The normalized spacial score (nSPS) is 19.0. The molecular weight excluding hydrogens is 556 g/mol. The largest absolute Gasteiger partial charge is 0.466 e. The van der Waals surface area contributed by atoms with Crippen LogP contribution in [-0.4, -0.2) is 84.3 Å². The molecule has 2 N–H and O–H groups in total. The van der Waals surface area contributed by atoms with E-state index in [1.165, 1.54) is 6.92 Å². The highest BCUT2D eigenvalue weighted by atomic mass is 16.6. The second-order valence-corrected chi connectivity index (χ2v) is 12.4. The third kappa shape index (κ3) is 10.4. The van der Waals surface area contributed by atoms with Crippen LogP contribution in [0.1, 0.15) is 71.8 Å². The summed E-state index contributed by atoms with van der Waals surface area (Å²) in [5, 5.41) is 5.02. The quantitative estimate of drug-likeness (QED) is 0.248. The van der Waals surface area contributed by atoms with Crippen molar-refractivity contribution in [2.45, 2.75) is 84.1 Å². The van der Waals surface area contributed by atoms with Crippen LogP contribution in [-0.2, 0) is 35.2 Å². The molecule has 238 valence electrons. The molecule has 0 unspecified atom stereocenters. The van der Waals surface area contributed by atoms with Gasteiger partial charge >= 0.3 is 18.2 Å². The number of carbonyl (C=O) groups excluding carboxylic acids is 5. The number of esters is 1. The molecule has 12 heteroatoms. The number of methoxy groups -OCH3 is 1. The number of carbonyl (C=O) groups is 5. The van der Waals surface area contributed by atoms with E-state index in [4.69, 9.17) is 14.2 Å². The average molecular weight is 603 g/mol. The molecular formula is C31H46N4O8. The predicted molar refractivity (Wildman–Crippen MR) is 157 cm³/mol. The monoisotopic (exact) mass is 602 g/mol. The average Bonchev–Trinajstić information content (AvgIpc) is 2.98. The Morgan fingerprint density at radius 1 is 0.907 bits per heavy atom. The second kappa shape index (κ2) is 15.1. The van der Waals surface area contributed by atoms with E-state index in [2.05, 4.69) is 10.6 Å². The molecule has 2 atom stereocenters. The first-order chi connectivity index (χ1) is 20.3. The summed E-state index contributed by atoms with van der Waals surface area (Å²) in [6.45, 7) is 8.83. The molecule has 43 heavy (non-hydrogen) atoms. The molecule has 0 aromatic heterocycles. The summed E-state index contributed by atoms with van der Waals surface area (Å²) in [6.07, 6.45) is 2.67. The van der Waals surface area contributed by atoms with Crippen molar-refractivity contribution in [1.29, 1.82) is 0 Å². The molecule has 3 rings (SSSR count). The van der Waals surface area contributed by atoms with Gasteiger partial charge < -0.3 is 29.3 Å². The van der Waals surface area contributed by atoms with E-state index in [0.29, 0.717) is 51.2 Å². The Kier molecular flexibility index (Phi) is 11.8. The molecule has 0 spiro atoms. The summed E-state index contributed by atoms with van der Waals surface area (Å²) in [5.41, 5.74) is -1.63. The molecule has 4 amide bonds. The first kappa shape index (κ1) is 33.7. The number of alkyl carbamates (subject to hydrolysis) is 1. The molecule has 0 radical (unpaired) electrons. The van der Waals surface area contributed by atoms with E-state index in [1.807, 2.05) is 39.0 Å². The Hall–Kier alpha value is -3.83. The van der Waals surface area contributed by atoms with Gasteiger partial charge in [-0.2, -0.15) is 0 Å². The molecule has 0 bridgehead atoms. The van der Waals surface area contributed by atoms with Crippen molar-refractivity contribution in [2.24, 2.45) is 11.8 Å². The van der Waals surface area contributed by atoms with Crippen molar-refractivity contribution >= 4 is 30.0 Å². The molecule has 1 aromatic rings. The van der Waals surface area contributed by atoms with Crippen molar-refractivity contribution in [2.75, 3.05) is 33.3 Å². The van der Waals surface area contributed by atoms with Crippen LogP contribution in [0.5, 0.6) is 0 Å². The smallest absolute Gasteiger partial charge is 0.410 e. The third-order valence-electron chi connectivity index (χ3n) is 7.71. The minimum atomic E-state index is -1.86. The number of ether oxygens (including phenoxy) is 3. The van der Waals surface area contributed by atoms with Gasteiger partial charge in [-0.25, -0.2) is 14.4 Å². The van der Waals surface area contributed by atoms with Crippen LogP contribution in [0.15, 0.2) is 30.3 Å². The zero-order chi connectivity index (χ0) is 31.6. The maximum absolute atomic E-state index is 13.2. The Balaban J connectivity index is 1.47. The van der Waals surface area contributed by atoms with Crippen LogP contribution in [0.4, 0.5) is 9.59 Å². The molecule has 2 aliphatic rings. The summed E-state index contributed by atoms with van der Waals surface area (Å²) in [4.78, 5) is 67.1. The standard InChI is InChI=1S/C31H46N4O8/c1-30(2,3)43-29(40)34-18-15-22(16-19-34)13-14-25(36)35-17-9-12-24(20-35)26(37)32-31(4,27(38)41-5)33-28(39)42-21-23-10-7-6-8-11-23/h6-8,10-11,22,24H,9,12-21H2,1-5H3,(H,32,37)(H,33,39)/t24-,31+/m1/s1. The van der Waals surface area contributed by atoms with E-state index < -0.39 is 35.2 Å². The summed E-state index contributed by atoms with van der Waals surface area (Å²) < 4.78 is 15.5. The van der Waals surface area contributed by atoms with Gasteiger partial charge in [-0.1, -0.05) is 30.3 Å². The lowest BCUT2D eigenvalue weighted by Crippen LogP contribution is -2.65. The maximum atomic E-state index is 13.2. The highest BCUT2D eigenvalue weighted by molar-refractivity contribution is 5.91. The van der Waals surface area contributed by atoms with Gasteiger partial charge in [0.05, 0.1) is 13.0 Å². The molecule has 2 aliphatic heterocycles. The molecule has 0 saturated carbocycles. The highest BCUT2D eigenvalue weighted by Crippen LogP contribution is 2.25. The molecule has 12 nitrogen and oxygen atoms in total. The molecule has 0 aliphatic carbocycles.